The van der Waals surface area contributed by atoms with E-state index in [0.29, 0.717) is 5.75 Å². The Kier molecular flexibility index (Phi) is 4.37. The van der Waals surface area contributed by atoms with E-state index in [9.17, 15) is 14.5 Å². The van der Waals surface area contributed by atoms with Crippen LogP contribution in [0.1, 0.15) is 18.5 Å². The van der Waals surface area contributed by atoms with Crippen LogP contribution in [0.2, 0.25) is 0 Å². The molecule has 5 nitrogen and oxygen atoms in total. The minimum Gasteiger partial charge on any atom is -0.496 e. The predicted molar refractivity (Wildman–Crippen MR) is 78.1 cm³/mol. The van der Waals surface area contributed by atoms with Crippen molar-refractivity contribution < 1.29 is 14.1 Å². The van der Waals surface area contributed by atoms with E-state index in [-0.39, 0.29) is 17.4 Å². The van der Waals surface area contributed by atoms with Crippen molar-refractivity contribution in [3.63, 3.8) is 0 Å². The van der Waals surface area contributed by atoms with Gasteiger partial charge >= 0.3 is 0 Å². The Labute approximate surface area is 121 Å². The van der Waals surface area contributed by atoms with Gasteiger partial charge in [0.05, 0.1) is 18.1 Å². The largest absolute Gasteiger partial charge is 0.496 e. The molecule has 1 unspecified atom stereocenters. The highest BCUT2D eigenvalue weighted by Crippen LogP contribution is 2.31. The highest BCUT2D eigenvalue weighted by Gasteiger charge is 2.18. The Hall–Kier alpha value is -2.63. The number of halogens is 1. The van der Waals surface area contributed by atoms with Gasteiger partial charge in [-0.25, -0.2) is 4.39 Å². The maximum absolute atomic E-state index is 13.3. The number of methoxy groups -OCH3 is 1. The fraction of sp³-hybridized carbons (Fsp3) is 0.200. The zero-order chi connectivity index (χ0) is 15.4. The highest BCUT2D eigenvalue weighted by atomic mass is 19.1. The van der Waals surface area contributed by atoms with Crippen molar-refractivity contribution in [1.29, 1.82) is 0 Å². The van der Waals surface area contributed by atoms with Gasteiger partial charge in [-0.15, -0.1) is 0 Å². The van der Waals surface area contributed by atoms with E-state index in [4.69, 9.17) is 4.74 Å². The van der Waals surface area contributed by atoms with Crippen molar-refractivity contribution in [3.8, 4) is 5.75 Å². The average Bonchev–Trinajstić information content (AvgIpc) is 2.46. The molecule has 0 aromatic heterocycles. The number of benzene rings is 2. The molecule has 1 atom stereocenters. The van der Waals surface area contributed by atoms with Gasteiger partial charge in [0.1, 0.15) is 17.3 Å². The maximum atomic E-state index is 13.3. The van der Waals surface area contributed by atoms with Gasteiger partial charge in [-0.3, -0.25) is 10.1 Å². The first kappa shape index (κ1) is 14.8. The molecule has 0 radical (unpaired) electrons. The summed E-state index contributed by atoms with van der Waals surface area (Å²) in [6.45, 7) is 1.83. The number of anilines is 1. The van der Waals surface area contributed by atoms with Gasteiger partial charge in [0, 0.05) is 17.7 Å². The minimum absolute atomic E-state index is 0.137. The second-order valence-corrected chi connectivity index (χ2v) is 4.53. The molecule has 0 amide bonds. The number of nitro groups is 1. The molecular weight excluding hydrogens is 275 g/mol. The van der Waals surface area contributed by atoms with E-state index >= 15 is 0 Å². The lowest BCUT2D eigenvalue weighted by atomic mass is 10.1. The molecule has 0 aliphatic heterocycles. The Morgan fingerprint density at radius 3 is 2.67 bits per heavy atom. The topological polar surface area (TPSA) is 64.4 Å². The fourth-order valence-electron chi connectivity index (χ4n) is 2.12. The number of nitro benzene ring substituents is 1. The standard InChI is InChI=1S/C15H15FN2O3/c1-10(12-5-3-4-6-15(12)21-2)17-13-9-11(16)7-8-14(13)18(19)20/h3-10,17H,1-2H3. The minimum atomic E-state index is -0.545. The molecule has 0 spiro atoms. The second-order valence-electron chi connectivity index (χ2n) is 4.53. The summed E-state index contributed by atoms with van der Waals surface area (Å²) in [7, 11) is 1.55. The summed E-state index contributed by atoms with van der Waals surface area (Å²) in [4.78, 5) is 10.4. The normalized spacial score (nSPS) is 11.8. The lowest BCUT2D eigenvalue weighted by molar-refractivity contribution is -0.384. The van der Waals surface area contributed by atoms with Crippen LogP contribution in [0.15, 0.2) is 42.5 Å². The monoisotopic (exact) mass is 290 g/mol. The summed E-state index contributed by atoms with van der Waals surface area (Å²) < 4.78 is 18.6. The van der Waals surface area contributed by atoms with E-state index in [1.165, 1.54) is 0 Å². The van der Waals surface area contributed by atoms with Crippen LogP contribution in [-0.4, -0.2) is 12.0 Å². The van der Waals surface area contributed by atoms with Crippen molar-refractivity contribution in [3.05, 3.63) is 64.0 Å². The molecule has 0 saturated heterocycles. The summed E-state index contributed by atoms with van der Waals surface area (Å²) >= 11 is 0. The molecule has 2 aromatic rings. The van der Waals surface area contributed by atoms with Gasteiger partial charge in [0.15, 0.2) is 0 Å². The van der Waals surface area contributed by atoms with E-state index in [2.05, 4.69) is 5.32 Å². The van der Waals surface area contributed by atoms with Crippen molar-refractivity contribution in [2.24, 2.45) is 0 Å². The first-order valence-electron chi connectivity index (χ1n) is 6.36. The SMILES string of the molecule is COc1ccccc1C(C)Nc1cc(F)ccc1[N+](=O)[O-]. The average molecular weight is 290 g/mol. The summed E-state index contributed by atoms with van der Waals surface area (Å²) in [6.07, 6.45) is 0. The van der Waals surface area contributed by atoms with Crippen LogP contribution in [0, 0.1) is 15.9 Å². The van der Waals surface area contributed by atoms with Crippen molar-refractivity contribution in [2.45, 2.75) is 13.0 Å². The van der Waals surface area contributed by atoms with Crippen molar-refractivity contribution >= 4 is 11.4 Å². The van der Waals surface area contributed by atoms with Gasteiger partial charge in [-0.05, 0) is 19.1 Å². The van der Waals surface area contributed by atoms with Gasteiger partial charge in [-0.1, -0.05) is 18.2 Å². The Morgan fingerprint density at radius 1 is 1.29 bits per heavy atom. The van der Waals surface area contributed by atoms with E-state index in [1.54, 1.807) is 13.2 Å². The second kappa shape index (κ2) is 6.21. The molecule has 2 rings (SSSR count). The lowest BCUT2D eigenvalue weighted by Crippen LogP contribution is -2.10. The summed E-state index contributed by atoms with van der Waals surface area (Å²) in [5.41, 5.74) is 0.801. The number of hydrogen-bond acceptors (Lipinski definition) is 4. The highest BCUT2D eigenvalue weighted by molar-refractivity contribution is 5.62. The smallest absolute Gasteiger partial charge is 0.292 e. The number of nitrogens with zero attached hydrogens (tertiary/aromatic N) is 1. The molecule has 6 heteroatoms. The van der Waals surface area contributed by atoms with Crippen LogP contribution >= 0.6 is 0 Å². The number of ether oxygens (including phenoxy) is 1. The molecule has 0 fully saturated rings. The third kappa shape index (κ3) is 3.28. The third-order valence-corrected chi connectivity index (χ3v) is 3.13. The quantitative estimate of drug-likeness (QED) is 0.669. The zero-order valence-electron chi connectivity index (χ0n) is 11.7. The number of hydrogen-bond donors (Lipinski definition) is 1. The summed E-state index contributed by atoms with van der Waals surface area (Å²) in [5, 5.41) is 14.0. The van der Waals surface area contributed by atoms with Crippen LogP contribution in [0.25, 0.3) is 0 Å². The number of para-hydroxylation sites is 1. The molecular formula is C15H15FN2O3. The Morgan fingerprint density at radius 2 is 2.00 bits per heavy atom. The van der Waals surface area contributed by atoms with Gasteiger partial charge in [0.25, 0.3) is 5.69 Å². The van der Waals surface area contributed by atoms with Crippen molar-refractivity contribution in [1.82, 2.24) is 0 Å². The molecule has 0 bridgehead atoms. The first-order chi connectivity index (χ1) is 10.0. The third-order valence-electron chi connectivity index (χ3n) is 3.13. The van der Waals surface area contributed by atoms with Gasteiger partial charge in [0.2, 0.25) is 0 Å². The molecule has 0 aliphatic rings. The van der Waals surface area contributed by atoms with E-state index in [1.807, 2.05) is 25.1 Å². The van der Waals surface area contributed by atoms with Gasteiger partial charge in [-0.2, -0.15) is 0 Å². The molecule has 2 aromatic carbocycles. The fourth-order valence-corrected chi connectivity index (χ4v) is 2.12. The molecule has 0 heterocycles. The van der Waals surface area contributed by atoms with E-state index < -0.39 is 10.7 Å². The summed E-state index contributed by atoms with van der Waals surface area (Å²) in [6, 6.07) is 10.4. The molecule has 21 heavy (non-hydrogen) atoms. The number of rotatable bonds is 5. The van der Waals surface area contributed by atoms with Crippen LogP contribution < -0.4 is 10.1 Å². The molecule has 1 N–H and O–H groups in total. The summed E-state index contributed by atoms with van der Waals surface area (Å²) in [5.74, 6) is 0.131. The lowest BCUT2D eigenvalue weighted by Gasteiger charge is -2.18. The van der Waals surface area contributed by atoms with Crippen LogP contribution in [-0.2, 0) is 0 Å². The Bertz CT molecular complexity index is 661. The van der Waals surface area contributed by atoms with Crippen LogP contribution in [0.4, 0.5) is 15.8 Å². The molecule has 0 aliphatic carbocycles. The van der Waals surface area contributed by atoms with Crippen molar-refractivity contribution in [2.75, 3.05) is 12.4 Å². The zero-order valence-corrected chi connectivity index (χ0v) is 11.7. The predicted octanol–water partition coefficient (Wildman–Crippen LogP) is 3.92. The van der Waals surface area contributed by atoms with Crippen LogP contribution in [0.3, 0.4) is 0 Å². The molecule has 110 valence electrons. The number of nitrogens with one attached hydrogen (secondary N) is 1. The van der Waals surface area contributed by atoms with E-state index in [0.717, 1.165) is 23.8 Å². The first-order valence-corrected chi connectivity index (χ1v) is 6.36. The molecule has 0 saturated carbocycles. The van der Waals surface area contributed by atoms with Crippen LogP contribution in [0.5, 0.6) is 5.75 Å². The Balaban J connectivity index is 2.33. The maximum Gasteiger partial charge on any atom is 0.292 e. The van der Waals surface area contributed by atoms with Gasteiger partial charge < -0.3 is 10.1 Å².